The molecular weight excluding hydrogens is 226 g/mol. The minimum absolute atomic E-state index is 0.0676. The van der Waals surface area contributed by atoms with Gasteiger partial charge in [-0.1, -0.05) is 19.8 Å². The molecule has 4 nitrogen and oxygen atoms in total. The van der Waals surface area contributed by atoms with Gasteiger partial charge in [0.05, 0.1) is 5.54 Å². The predicted octanol–water partition coefficient (Wildman–Crippen LogP) is 1.35. The number of nitrogens with one attached hydrogen (secondary N) is 1. The van der Waals surface area contributed by atoms with Crippen LogP contribution in [0.25, 0.3) is 0 Å². The van der Waals surface area contributed by atoms with Gasteiger partial charge in [0.2, 0.25) is 5.91 Å². The van der Waals surface area contributed by atoms with Crippen LogP contribution in [0.1, 0.15) is 46.5 Å². The van der Waals surface area contributed by atoms with E-state index >= 15 is 0 Å². The molecule has 0 heterocycles. The van der Waals surface area contributed by atoms with Gasteiger partial charge in [0, 0.05) is 12.1 Å². The summed E-state index contributed by atoms with van der Waals surface area (Å²) >= 11 is 0. The Morgan fingerprint density at radius 3 is 2.56 bits per heavy atom. The molecule has 1 amide bonds. The Labute approximate surface area is 111 Å². The van der Waals surface area contributed by atoms with E-state index in [1.807, 2.05) is 0 Å². The molecule has 0 aromatic rings. The van der Waals surface area contributed by atoms with Crippen molar-refractivity contribution in [2.45, 2.75) is 57.5 Å². The molecule has 3 N–H and O–H groups in total. The number of hydrogen-bond acceptors (Lipinski definition) is 3. The van der Waals surface area contributed by atoms with Gasteiger partial charge in [0.15, 0.2) is 0 Å². The van der Waals surface area contributed by atoms with E-state index < -0.39 is 5.54 Å². The molecule has 0 saturated heterocycles. The molecule has 18 heavy (non-hydrogen) atoms. The van der Waals surface area contributed by atoms with Gasteiger partial charge >= 0.3 is 0 Å². The number of nitrogens with zero attached hydrogens (tertiary/aromatic N) is 1. The molecule has 1 fully saturated rings. The standard InChI is InChI=1S/C14H29N3O/c1-11-7-6-8-14(9-11,17(4)5)10-16-12(18)13(2,3)15/h11H,6-10,15H2,1-5H3,(H,16,18). The number of likely N-dealkylation sites (N-methyl/N-ethyl adjacent to an activating group) is 1. The SMILES string of the molecule is CC1CCCC(CNC(=O)C(C)(C)N)(N(C)C)C1. The van der Waals surface area contributed by atoms with Crippen LogP contribution < -0.4 is 11.1 Å². The monoisotopic (exact) mass is 255 g/mol. The van der Waals surface area contributed by atoms with Crippen LogP contribution in [0.15, 0.2) is 0 Å². The van der Waals surface area contributed by atoms with Crippen LogP contribution in [0.2, 0.25) is 0 Å². The van der Waals surface area contributed by atoms with E-state index in [1.54, 1.807) is 13.8 Å². The average Bonchev–Trinajstić information content (AvgIpc) is 2.24. The highest BCUT2D eigenvalue weighted by Gasteiger charge is 2.37. The van der Waals surface area contributed by atoms with Crippen LogP contribution in [-0.2, 0) is 4.79 Å². The summed E-state index contributed by atoms with van der Waals surface area (Å²) in [5.74, 6) is 0.658. The molecule has 0 aromatic carbocycles. The maximum Gasteiger partial charge on any atom is 0.239 e. The second-order valence-electron chi connectivity index (χ2n) is 6.72. The Bertz CT molecular complexity index is 296. The van der Waals surface area contributed by atoms with Gasteiger partial charge in [-0.3, -0.25) is 4.79 Å². The second kappa shape index (κ2) is 5.57. The van der Waals surface area contributed by atoms with E-state index in [2.05, 4.69) is 31.2 Å². The number of carbonyl (C=O) groups is 1. The minimum atomic E-state index is -0.798. The zero-order valence-corrected chi connectivity index (χ0v) is 12.5. The van der Waals surface area contributed by atoms with E-state index in [1.165, 1.54) is 12.8 Å². The maximum atomic E-state index is 11.9. The van der Waals surface area contributed by atoms with E-state index in [4.69, 9.17) is 5.73 Å². The molecule has 0 aromatic heterocycles. The third kappa shape index (κ3) is 3.69. The molecular formula is C14H29N3O. The summed E-state index contributed by atoms with van der Waals surface area (Å²) in [6.45, 7) is 6.48. The molecule has 1 aliphatic rings. The lowest BCUT2D eigenvalue weighted by Gasteiger charge is -2.45. The highest BCUT2D eigenvalue weighted by atomic mass is 16.2. The van der Waals surface area contributed by atoms with Crippen molar-refractivity contribution in [1.82, 2.24) is 10.2 Å². The normalized spacial score (nSPS) is 29.4. The molecule has 0 radical (unpaired) electrons. The summed E-state index contributed by atoms with van der Waals surface area (Å²) in [5, 5.41) is 3.03. The summed E-state index contributed by atoms with van der Waals surface area (Å²) < 4.78 is 0. The summed E-state index contributed by atoms with van der Waals surface area (Å²) in [4.78, 5) is 14.2. The highest BCUT2D eigenvalue weighted by Crippen LogP contribution is 2.35. The quantitative estimate of drug-likeness (QED) is 0.797. The number of carbonyl (C=O) groups excluding carboxylic acids is 1. The largest absolute Gasteiger partial charge is 0.353 e. The molecule has 0 bridgehead atoms. The first-order valence-corrected chi connectivity index (χ1v) is 6.92. The van der Waals surface area contributed by atoms with Gasteiger partial charge in [-0.25, -0.2) is 0 Å². The van der Waals surface area contributed by atoms with Crippen molar-refractivity contribution in [2.24, 2.45) is 11.7 Å². The number of rotatable bonds is 4. The molecule has 106 valence electrons. The van der Waals surface area contributed by atoms with Crippen molar-refractivity contribution in [3.05, 3.63) is 0 Å². The van der Waals surface area contributed by atoms with Crippen LogP contribution >= 0.6 is 0 Å². The van der Waals surface area contributed by atoms with Crippen LogP contribution in [0, 0.1) is 5.92 Å². The molecule has 0 spiro atoms. The number of hydrogen-bond donors (Lipinski definition) is 2. The first-order chi connectivity index (χ1) is 8.17. The summed E-state index contributed by atoms with van der Waals surface area (Å²) in [5.41, 5.74) is 5.11. The van der Waals surface area contributed by atoms with Crippen molar-refractivity contribution >= 4 is 5.91 Å². The van der Waals surface area contributed by atoms with Crippen LogP contribution in [-0.4, -0.2) is 42.5 Å². The van der Waals surface area contributed by atoms with Gasteiger partial charge in [0.25, 0.3) is 0 Å². The zero-order chi connectivity index (χ0) is 14.0. The van der Waals surface area contributed by atoms with Crippen LogP contribution in [0.5, 0.6) is 0 Å². The molecule has 1 rings (SSSR count). The van der Waals surface area contributed by atoms with Crippen molar-refractivity contribution in [3.63, 3.8) is 0 Å². The van der Waals surface area contributed by atoms with Crippen molar-refractivity contribution in [2.75, 3.05) is 20.6 Å². The van der Waals surface area contributed by atoms with Gasteiger partial charge in [-0.05, 0) is 46.7 Å². The Morgan fingerprint density at radius 2 is 2.11 bits per heavy atom. The smallest absolute Gasteiger partial charge is 0.239 e. The first kappa shape index (κ1) is 15.4. The molecule has 4 heteroatoms. The van der Waals surface area contributed by atoms with E-state index in [0.717, 1.165) is 18.8 Å². The molecule has 0 aliphatic heterocycles. The lowest BCUT2D eigenvalue weighted by atomic mass is 9.75. The minimum Gasteiger partial charge on any atom is -0.353 e. The second-order valence-corrected chi connectivity index (χ2v) is 6.72. The van der Waals surface area contributed by atoms with Crippen molar-refractivity contribution in [3.8, 4) is 0 Å². The van der Waals surface area contributed by atoms with Crippen molar-refractivity contribution in [1.29, 1.82) is 0 Å². The third-order valence-electron chi connectivity index (χ3n) is 4.18. The Morgan fingerprint density at radius 1 is 1.50 bits per heavy atom. The van der Waals surface area contributed by atoms with Gasteiger partial charge < -0.3 is 16.0 Å². The van der Waals surface area contributed by atoms with Crippen LogP contribution in [0.3, 0.4) is 0 Å². The molecule has 2 unspecified atom stereocenters. The van der Waals surface area contributed by atoms with E-state index in [9.17, 15) is 4.79 Å². The fraction of sp³-hybridized carbons (Fsp3) is 0.929. The van der Waals surface area contributed by atoms with Gasteiger partial charge in [0.1, 0.15) is 0 Å². The summed E-state index contributed by atoms with van der Waals surface area (Å²) in [6, 6.07) is 0. The molecule has 1 aliphatic carbocycles. The molecule has 2 atom stereocenters. The third-order valence-corrected chi connectivity index (χ3v) is 4.18. The lowest BCUT2D eigenvalue weighted by molar-refractivity contribution is -0.126. The fourth-order valence-electron chi connectivity index (χ4n) is 2.83. The summed E-state index contributed by atoms with van der Waals surface area (Å²) in [7, 11) is 4.22. The number of nitrogens with two attached hydrogens (primary N) is 1. The molecule has 1 saturated carbocycles. The van der Waals surface area contributed by atoms with Gasteiger partial charge in [-0.15, -0.1) is 0 Å². The Hall–Kier alpha value is -0.610. The van der Waals surface area contributed by atoms with E-state index in [-0.39, 0.29) is 11.4 Å². The Kier molecular flexibility index (Phi) is 4.78. The van der Waals surface area contributed by atoms with Crippen LogP contribution in [0.4, 0.5) is 0 Å². The van der Waals surface area contributed by atoms with Gasteiger partial charge in [-0.2, -0.15) is 0 Å². The Balaban J connectivity index is 2.67. The summed E-state index contributed by atoms with van der Waals surface area (Å²) in [6.07, 6.45) is 4.83. The van der Waals surface area contributed by atoms with E-state index in [0.29, 0.717) is 6.54 Å². The van der Waals surface area contributed by atoms with Crippen molar-refractivity contribution < 1.29 is 4.79 Å². The average molecular weight is 255 g/mol. The highest BCUT2D eigenvalue weighted by molar-refractivity contribution is 5.85. The fourth-order valence-corrected chi connectivity index (χ4v) is 2.83. The predicted molar refractivity (Wildman–Crippen MR) is 75.3 cm³/mol. The number of amides is 1. The first-order valence-electron chi connectivity index (χ1n) is 6.92. The lowest BCUT2D eigenvalue weighted by Crippen LogP contribution is -2.58. The zero-order valence-electron chi connectivity index (χ0n) is 12.5. The maximum absolute atomic E-state index is 11.9. The topological polar surface area (TPSA) is 58.4 Å².